The van der Waals surface area contributed by atoms with Crippen molar-refractivity contribution in [2.24, 2.45) is 11.3 Å². The van der Waals surface area contributed by atoms with Gasteiger partial charge in [0.05, 0.1) is 18.2 Å². The van der Waals surface area contributed by atoms with Gasteiger partial charge in [-0.05, 0) is 53.2 Å². The molecule has 1 aliphatic carbocycles. The Labute approximate surface area is 261 Å². The predicted octanol–water partition coefficient (Wildman–Crippen LogP) is 7.32. The monoisotopic (exact) mass is 615 g/mol. The van der Waals surface area contributed by atoms with Crippen LogP contribution in [0.3, 0.4) is 0 Å². The third-order valence-corrected chi connectivity index (χ3v) is 10.1. The standard InChI is InChI=1S/C33H37N5O3S2/c1-18(2)19-7-9-20(10-8-19)27-23(16-34)29(36)38-30(24(27)17-35)42-14-13-26(39)37-31-28(32(40)41-6)22-12-11-21(33(3,4)5)15-25(22)43-31/h7-10,18,21H,11-15H2,1-6H3,(H2,36,38)(H,37,39). The second-order valence-corrected chi connectivity index (χ2v) is 14.3. The van der Waals surface area contributed by atoms with Gasteiger partial charge in [-0.15, -0.1) is 23.1 Å². The number of ether oxygens (including phenoxy) is 1. The zero-order valence-corrected chi connectivity index (χ0v) is 27.1. The van der Waals surface area contributed by atoms with Gasteiger partial charge in [0.2, 0.25) is 5.91 Å². The Morgan fingerprint density at radius 3 is 2.44 bits per heavy atom. The fourth-order valence-corrected chi connectivity index (χ4v) is 7.65. The molecule has 1 aliphatic rings. The number of rotatable bonds is 8. The highest BCUT2D eigenvalue weighted by Crippen LogP contribution is 2.44. The van der Waals surface area contributed by atoms with Crippen LogP contribution in [-0.2, 0) is 22.4 Å². The number of thioether (sulfide) groups is 1. The molecule has 1 amide bonds. The van der Waals surface area contributed by atoms with Crippen LogP contribution in [0.1, 0.15) is 90.9 Å². The van der Waals surface area contributed by atoms with E-state index >= 15 is 0 Å². The lowest BCUT2D eigenvalue weighted by atomic mass is 9.72. The van der Waals surface area contributed by atoms with E-state index < -0.39 is 5.97 Å². The number of anilines is 2. The molecule has 4 rings (SSSR count). The number of nitrogens with two attached hydrogens (primary N) is 1. The molecule has 0 saturated carbocycles. The van der Waals surface area contributed by atoms with Crippen molar-refractivity contribution in [1.82, 2.24) is 4.98 Å². The molecule has 2 heterocycles. The summed E-state index contributed by atoms with van der Waals surface area (Å²) in [5, 5.41) is 23.8. The molecule has 0 aliphatic heterocycles. The number of esters is 1. The van der Waals surface area contributed by atoms with Crippen molar-refractivity contribution in [1.29, 1.82) is 10.5 Å². The summed E-state index contributed by atoms with van der Waals surface area (Å²) < 4.78 is 5.08. The van der Waals surface area contributed by atoms with E-state index in [2.05, 4.69) is 57.1 Å². The number of amides is 1. The lowest BCUT2D eigenvalue weighted by molar-refractivity contribution is -0.115. The van der Waals surface area contributed by atoms with E-state index in [0.717, 1.165) is 35.3 Å². The average molecular weight is 616 g/mol. The van der Waals surface area contributed by atoms with Crippen LogP contribution in [0.25, 0.3) is 11.1 Å². The highest BCUT2D eigenvalue weighted by molar-refractivity contribution is 7.99. The molecule has 0 radical (unpaired) electrons. The van der Waals surface area contributed by atoms with Gasteiger partial charge in [0.1, 0.15) is 33.5 Å². The zero-order valence-electron chi connectivity index (χ0n) is 25.5. The van der Waals surface area contributed by atoms with Crippen LogP contribution >= 0.6 is 23.1 Å². The number of nitrogen functional groups attached to an aromatic ring is 1. The Hall–Kier alpha value is -3.86. The number of fused-ring (bicyclic) bond motifs is 1. The van der Waals surface area contributed by atoms with E-state index in [1.807, 2.05) is 24.3 Å². The van der Waals surface area contributed by atoms with Crippen LogP contribution in [0.4, 0.5) is 10.8 Å². The summed E-state index contributed by atoms with van der Waals surface area (Å²) in [5.74, 6) is 0.480. The van der Waals surface area contributed by atoms with Crippen LogP contribution in [-0.4, -0.2) is 29.7 Å². The normalized spacial score (nSPS) is 14.5. The van der Waals surface area contributed by atoms with Gasteiger partial charge in [-0.3, -0.25) is 4.79 Å². The topological polar surface area (TPSA) is 142 Å². The molecule has 3 N–H and O–H groups in total. The summed E-state index contributed by atoms with van der Waals surface area (Å²) in [6.07, 6.45) is 2.73. The molecule has 3 aromatic rings. The van der Waals surface area contributed by atoms with Crippen LogP contribution in [0.5, 0.6) is 0 Å². The number of carbonyl (C=O) groups excluding carboxylic acids is 2. The van der Waals surface area contributed by atoms with Crippen molar-refractivity contribution in [2.45, 2.75) is 71.2 Å². The first kappa shape index (κ1) is 32.1. The second-order valence-electron chi connectivity index (χ2n) is 12.1. The SMILES string of the molecule is COC(=O)c1c(NC(=O)CCSc2nc(N)c(C#N)c(-c3ccc(C(C)C)cc3)c2C#N)sc2c1CCC(C(C)(C)C)C2. The minimum Gasteiger partial charge on any atom is -0.465 e. The van der Waals surface area contributed by atoms with E-state index in [-0.39, 0.29) is 34.7 Å². The highest BCUT2D eigenvalue weighted by Gasteiger charge is 2.34. The first-order valence-electron chi connectivity index (χ1n) is 14.3. The molecule has 8 nitrogen and oxygen atoms in total. The molecule has 0 spiro atoms. The number of nitrogens with one attached hydrogen (secondary N) is 1. The van der Waals surface area contributed by atoms with Gasteiger partial charge in [-0.1, -0.05) is 58.9 Å². The Kier molecular flexibility index (Phi) is 9.84. The first-order valence-corrected chi connectivity index (χ1v) is 16.1. The Morgan fingerprint density at radius 1 is 1.19 bits per heavy atom. The van der Waals surface area contributed by atoms with E-state index in [9.17, 15) is 20.1 Å². The Bertz CT molecular complexity index is 1620. The van der Waals surface area contributed by atoms with E-state index in [4.69, 9.17) is 10.5 Å². The van der Waals surface area contributed by atoms with Gasteiger partial charge in [0.25, 0.3) is 0 Å². The molecule has 0 bridgehead atoms. The zero-order chi connectivity index (χ0) is 31.5. The minimum absolute atomic E-state index is 0.0387. The maximum Gasteiger partial charge on any atom is 0.341 e. The fraction of sp³-hybridized carbons (Fsp3) is 0.424. The molecule has 224 valence electrons. The molecule has 1 aromatic carbocycles. The molecule has 0 fully saturated rings. The quantitative estimate of drug-likeness (QED) is 0.198. The minimum atomic E-state index is -0.443. The van der Waals surface area contributed by atoms with Crippen molar-refractivity contribution in [3.8, 4) is 23.3 Å². The van der Waals surface area contributed by atoms with Crippen LogP contribution in [0.15, 0.2) is 29.3 Å². The van der Waals surface area contributed by atoms with E-state index in [1.54, 1.807) is 0 Å². The van der Waals surface area contributed by atoms with Crippen LogP contribution < -0.4 is 11.1 Å². The van der Waals surface area contributed by atoms with Gasteiger partial charge >= 0.3 is 5.97 Å². The Balaban J connectivity index is 1.53. The number of nitrogens with zero attached hydrogens (tertiary/aromatic N) is 3. The van der Waals surface area contributed by atoms with Crippen molar-refractivity contribution in [3.05, 3.63) is 57.0 Å². The largest absolute Gasteiger partial charge is 0.465 e. The summed E-state index contributed by atoms with van der Waals surface area (Å²) in [5.41, 5.74) is 10.4. The number of benzene rings is 1. The van der Waals surface area contributed by atoms with Crippen molar-refractivity contribution in [3.63, 3.8) is 0 Å². The smallest absolute Gasteiger partial charge is 0.341 e. The average Bonchev–Trinajstić information content (AvgIpc) is 3.32. The number of pyridine rings is 1. The maximum atomic E-state index is 13.1. The number of thiophene rings is 1. The van der Waals surface area contributed by atoms with Crippen molar-refractivity contribution in [2.75, 3.05) is 23.9 Å². The third-order valence-electron chi connectivity index (χ3n) is 7.98. The van der Waals surface area contributed by atoms with Crippen LogP contribution in [0.2, 0.25) is 0 Å². The maximum absolute atomic E-state index is 13.1. The number of hydrogen-bond acceptors (Lipinski definition) is 9. The number of hydrogen-bond donors (Lipinski definition) is 2. The number of carbonyl (C=O) groups is 2. The molecule has 1 unspecified atom stereocenters. The molecular formula is C33H37N5O3S2. The second kappa shape index (κ2) is 13.2. The van der Waals surface area contributed by atoms with Crippen molar-refractivity contribution >= 4 is 45.8 Å². The third kappa shape index (κ3) is 6.87. The number of aromatic nitrogens is 1. The summed E-state index contributed by atoms with van der Waals surface area (Å²) in [6.45, 7) is 10.9. The first-order chi connectivity index (χ1) is 20.4. The van der Waals surface area contributed by atoms with E-state index in [1.165, 1.54) is 30.2 Å². The molecular weight excluding hydrogens is 579 g/mol. The van der Waals surface area contributed by atoms with Gasteiger partial charge in [-0.2, -0.15) is 10.5 Å². The van der Waals surface area contributed by atoms with Gasteiger partial charge in [0.15, 0.2) is 0 Å². The van der Waals surface area contributed by atoms with Gasteiger partial charge in [-0.25, -0.2) is 9.78 Å². The summed E-state index contributed by atoms with van der Waals surface area (Å²) in [7, 11) is 1.35. The molecule has 2 aromatic heterocycles. The molecule has 10 heteroatoms. The van der Waals surface area contributed by atoms with Crippen molar-refractivity contribution < 1.29 is 14.3 Å². The van der Waals surface area contributed by atoms with Gasteiger partial charge in [0, 0.05) is 22.6 Å². The molecule has 0 saturated heterocycles. The summed E-state index contributed by atoms with van der Waals surface area (Å²) in [4.78, 5) is 31.3. The van der Waals surface area contributed by atoms with Crippen LogP contribution in [0, 0.1) is 34.0 Å². The number of nitriles is 2. The lowest BCUT2D eigenvalue weighted by Crippen LogP contribution is -2.26. The summed E-state index contributed by atoms with van der Waals surface area (Å²) >= 11 is 2.69. The lowest BCUT2D eigenvalue weighted by Gasteiger charge is -2.33. The number of methoxy groups -OCH3 is 1. The fourth-order valence-electron chi connectivity index (χ4n) is 5.39. The summed E-state index contributed by atoms with van der Waals surface area (Å²) in [6, 6.07) is 12.0. The highest BCUT2D eigenvalue weighted by atomic mass is 32.2. The predicted molar refractivity (Wildman–Crippen MR) is 172 cm³/mol. The Morgan fingerprint density at radius 2 is 1.86 bits per heavy atom. The van der Waals surface area contributed by atoms with E-state index in [0.29, 0.717) is 44.3 Å². The van der Waals surface area contributed by atoms with Gasteiger partial charge < -0.3 is 15.8 Å². The molecule has 1 atom stereocenters. The molecule has 43 heavy (non-hydrogen) atoms.